The van der Waals surface area contributed by atoms with Gasteiger partial charge in [0.1, 0.15) is 5.70 Å². The second-order valence-corrected chi connectivity index (χ2v) is 9.20. The number of carbonyl (C=O) groups excluding carboxylic acids is 2. The molecule has 0 radical (unpaired) electrons. The fourth-order valence-corrected chi connectivity index (χ4v) is 5.56. The third kappa shape index (κ3) is 3.38. The zero-order valence-electron chi connectivity index (χ0n) is 18.5. The molecule has 0 unspecified atom stereocenters. The van der Waals surface area contributed by atoms with Gasteiger partial charge in [-0.3, -0.25) is 14.5 Å². The second-order valence-electron chi connectivity index (χ2n) is 9.20. The lowest BCUT2D eigenvalue weighted by Gasteiger charge is -2.33. The summed E-state index contributed by atoms with van der Waals surface area (Å²) in [6, 6.07) is 14.5. The van der Waals surface area contributed by atoms with Gasteiger partial charge in [0.25, 0.3) is 11.8 Å². The van der Waals surface area contributed by atoms with Gasteiger partial charge in [-0.1, -0.05) is 61.2 Å². The number of rotatable bonds is 3. The van der Waals surface area contributed by atoms with Crippen molar-refractivity contribution in [2.45, 2.75) is 64.8 Å². The average molecular weight is 415 g/mol. The lowest BCUT2D eigenvalue weighted by molar-refractivity contribution is -0.140. The lowest BCUT2D eigenvalue weighted by atomic mass is 9.93. The van der Waals surface area contributed by atoms with Crippen LogP contribution < -0.4 is 4.90 Å². The molecule has 0 spiro atoms. The summed E-state index contributed by atoms with van der Waals surface area (Å²) in [5, 5.41) is 0. The predicted octanol–water partition coefficient (Wildman–Crippen LogP) is 5.17. The number of imide groups is 1. The van der Waals surface area contributed by atoms with E-state index in [0.717, 1.165) is 67.4 Å². The normalized spacial score (nSPS) is 19.9. The van der Waals surface area contributed by atoms with Gasteiger partial charge >= 0.3 is 0 Å². The Labute approximate surface area is 184 Å². The van der Waals surface area contributed by atoms with Gasteiger partial charge in [0.15, 0.2) is 0 Å². The third-order valence-corrected chi connectivity index (χ3v) is 7.06. The molecule has 2 heterocycles. The number of hydrogen-bond donors (Lipinski definition) is 0. The van der Waals surface area contributed by atoms with Crippen LogP contribution in [0.3, 0.4) is 0 Å². The molecule has 1 aliphatic carbocycles. The number of aryl methyl sites for hydroxylation is 3. The average Bonchev–Trinajstić information content (AvgIpc) is 3.04. The summed E-state index contributed by atoms with van der Waals surface area (Å²) >= 11 is 0. The maximum Gasteiger partial charge on any atom is 0.278 e. The van der Waals surface area contributed by atoms with Crippen LogP contribution in [0.5, 0.6) is 0 Å². The first kappa shape index (κ1) is 20.0. The van der Waals surface area contributed by atoms with Gasteiger partial charge in [-0.25, -0.2) is 0 Å². The predicted molar refractivity (Wildman–Crippen MR) is 124 cm³/mol. The summed E-state index contributed by atoms with van der Waals surface area (Å²) in [6.45, 7) is 4.86. The number of amides is 2. The molecule has 2 amide bonds. The number of carbonyl (C=O) groups is 2. The summed E-state index contributed by atoms with van der Waals surface area (Å²) in [5.74, 6) is -0.217. The van der Waals surface area contributed by atoms with E-state index in [1.807, 2.05) is 25.1 Å². The minimum atomic E-state index is -0.109. The van der Waals surface area contributed by atoms with Gasteiger partial charge in [-0.15, -0.1) is 0 Å². The monoisotopic (exact) mass is 414 g/mol. The summed E-state index contributed by atoms with van der Waals surface area (Å²) in [4.78, 5) is 31.4. The zero-order chi connectivity index (χ0) is 21.5. The van der Waals surface area contributed by atoms with Crippen molar-refractivity contribution in [2.24, 2.45) is 0 Å². The molecule has 2 aliphatic heterocycles. The van der Waals surface area contributed by atoms with Gasteiger partial charge in [0, 0.05) is 18.3 Å². The largest absolute Gasteiger partial charge is 0.336 e. The highest BCUT2D eigenvalue weighted by Crippen LogP contribution is 2.40. The molecule has 1 saturated carbocycles. The van der Waals surface area contributed by atoms with Crippen LogP contribution in [0.2, 0.25) is 0 Å². The molecule has 1 fully saturated rings. The van der Waals surface area contributed by atoms with E-state index >= 15 is 0 Å². The molecular weight excluding hydrogens is 384 g/mol. The maximum atomic E-state index is 13.9. The van der Waals surface area contributed by atoms with Crippen LogP contribution in [-0.4, -0.2) is 29.3 Å². The van der Waals surface area contributed by atoms with E-state index in [1.165, 1.54) is 12.0 Å². The Morgan fingerprint density at radius 3 is 2.42 bits per heavy atom. The highest BCUT2D eigenvalue weighted by Gasteiger charge is 2.46. The second kappa shape index (κ2) is 7.99. The fraction of sp³-hybridized carbons (Fsp3) is 0.407. The molecule has 0 saturated heterocycles. The summed E-state index contributed by atoms with van der Waals surface area (Å²) in [6.07, 6.45) is 7.18. The van der Waals surface area contributed by atoms with Crippen molar-refractivity contribution in [3.8, 4) is 0 Å². The quantitative estimate of drug-likeness (QED) is 0.651. The van der Waals surface area contributed by atoms with Gasteiger partial charge < -0.3 is 4.90 Å². The van der Waals surface area contributed by atoms with Crippen LogP contribution in [0, 0.1) is 13.8 Å². The molecule has 5 rings (SSSR count). The molecular formula is C27H30N2O2. The van der Waals surface area contributed by atoms with Crippen LogP contribution >= 0.6 is 0 Å². The Bertz CT molecular complexity index is 1080. The molecule has 31 heavy (non-hydrogen) atoms. The Balaban J connectivity index is 1.67. The van der Waals surface area contributed by atoms with Gasteiger partial charge in [0.2, 0.25) is 0 Å². The summed E-state index contributed by atoms with van der Waals surface area (Å²) < 4.78 is 0. The van der Waals surface area contributed by atoms with Crippen LogP contribution in [0.15, 0.2) is 48.2 Å². The summed E-state index contributed by atoms with van der Waals surface area (Å²) in [5.41, 5.74) is 6.58. The fourth-order valence-electron chi connectivity index (χ4n) is 5.56. The van der Waals surface area contributed by atoms with Gasteiger partial charge in [-0.2, -0.15) is 0 Å². The van der Waals surface area contributed by atoms with E-state index in [9.17, 15) is 9.59 Å². The van der Waals surface area contributed by atoms with Crippen LogP contribution in [0.25, 0.3) is 5.57 Å². The summed E-state index contributed by atoms with van der Waals surface area (Å²) in [7, 11) is 0. The van der Waals surface area contributed by atoms with Crippen molar-refractivity contribution in [3.05, 3.63) is 70.4 Å². The number of hydrogen-bond acceptors (Lipinski definition) is 3. The standard InChI is InChI=1S/C27H30N2O2/c1-18-14-15-22(19(2)17-18)24-25(28-16-8-10-20-9-6-7-13-23(20)28)27(31)29(26(24)30)21-11-4-3-5-12-21/h6-7,9,13-15,17,21H,3-5,8,10-12,16H2,1-2H3. The minimum Gasteiger partial charge on any atom is -0.336 e. The molecule has 0 bridgehead atoms. The number of fused-ring (bicyclic) bond motifs is 1. The highest BCUT2D eigenvalue weighted by atomic mass is 16.2. The first-order valence-corrected chi connectivity index (χ1v) is 11.6. The van der Waals surface area contributed by atoms with Crippen molar-refractivity contribution >= 4 is 23.1 Å². The smallest absolute Gasteiger partial charge is 0.278 e. The van der Waals surface area contributed by atoms with E-state index in [-0.39, 0.29) is 17.9 Å². The van der Waals surface area contributed by atoms with E-state index in [1.54, 1.807) is 4.90 Å². The highest BCUT2D eigenvalue weighted by molar-refractivity contribution is 6.37. The van der Waals surface area contributed by atoms with Crippen molar-refractivity contribution in [1.29, 1.82) is 0 Å². The molecule has 0 aromatic heterocycles. The Morgan fingerprint density at radius 2 is 1.65 bits per heavy atom. The maximum absolute atomic E-state index is 13.9. The zero-order valence-corrected chi connectivity index (χ0v) is 18.5. The SMILES string of the molecule is Cc1ccc(C2=C(N3CCCc4ccccc43)C(=O)N(C3CCCCC3)C2=O)c(C)c1. The Morgan fingerprint density at radius 1 is 0.871 bits per heavy atom. The molecule has 160 valence electrons. The van der Waals surface area contributed by atoms with Crippen LogP contribution in [0.4, 0.5) is 5.69 Å². The van der Waals surface area contributed by atoms with Crippen molar-refractivity contribution < 1.29 is 9.59 Å². The van der Waals surface area contributed by atoms with E-state index < -0.39 is 0 Å². The molecule has 0 N–H and O–H groups in total. The van der Waals surface area contributed by atoms with Crippen molar-refractivity contribution in [3.63, 3.8) is 0 Å². The molecule has 2 aromatic rings. The van der Waals surface area contributed by atoms with Crippen LogP contribution in [0.1, 0.15) is 60.8 Å². The van der Waals surface area contributed by atoms with E-state index in [4.69, 9.17) is 0 Å². The number of anilines is 1. The van der Waals surface area contributed by atoms with Gasteiger partial charge in [0.05, 0.1) is 5.57 Å². The third-order valence-electron chi connectivity index (χ3n) is 7.06. The van der Waals surface area contributed by atoms with E-state index in [2.05, 4.69) is 36.1 Å². The first-order valence-electron chi connectivity index (χ1n) is 11.6. The van der Waals surface area contributed by atoms with Crippen molar-refractivity contribution in [2.75, 3.05) is 11.4 Å². The first-order chi connectivity index (χ1) is 15.1. The van der Waals surface area contributed by atoms with E-state index in [0.29, 0.717) is 11.3 Å². The number of nitrogens with zero attached hydrogens (tertiary/aromatic N) is 2. The molecule has 3 aliphatic rings. The Kier molecular flexibility index (Phi) is 5.17. The number of para-hydroxylation sites is 1. The minimum absolute atomic E-state index is 0.0204. The molecule has 0 atom stereocenters. The van der Waals surface area contributed by atoms with Crippen LogP contribution in [-0.2, 0) is 16.0 Å². The number of benzene rings is 2. The topological polar surface area (TPSA) is 40.6 Å². The molecule has 4 nitrogen and oxygen atoms in total. The van der Waals surface area contributed by atoms with Crippen molar-refractivity contribution in [1.82, 2.24) is 4.90 Å². The molecule has 4 heteroatoms. The molecule has 2 aromatic carbocycles. The Hall–Kier alpha value is -2.88. The van der Waals surface area contributed by atoms with Gasteiger partial charge in [-0.05, 0) is 62.3 Å². The lowest BCUT2D eigenvalue weighted by Crippen LogP contribution is -2.44.